The van der Waals surface area contributed by atoms with Gasteiger partial charge in [0.05, 0.1) is 27.1 Å². The van der Waals surface area contributed by atoms with Crippen molar-refractivity contribution in [2.24, 2.45) is 0 Å². The lowest BCUT2D eigenvalue weighted by atomic mass is 10.2. The van der Waals surface area contributed by atoms with E-state index in [9.17, 15) is 12.8 Å². The molecule has 0 amide bonds. The summed E-state index contributed by atoms with van der Waals surface area (Å²) in [5, 5.41) is 7.76. The zero-order chi connectivity index (χ0) is 27.4. The first-order chi connectivity index (χ1) is 18.8. The SMILES string of the molecule is CCS(=O)(=O)N[C@@H]1CN[C@H](C#Cc2cc3c(Nc4ccc(OCc5cccc(F)c5)c(Cl)c4)ncnc3s2)C1. The standard InChI is InChI=1S/C27H25ClFN5O3S2/c1-2-39(35,36)34-21-11-19(30-14-21)6-8-22-13-23-26(31-16-32-27(23)38-22)33-20-7-9-25(24(28)12-20)37-15-17-4-3-5-18(29)10-17/h3-5,7,9-10,12-13,16,19,21,30,34H,2,11,14-15H2,1H3,(H,31,32,33)/t19-,21+/m1/s1. The third-order valence-electron chi connectivity index (χ3n) is 6.03. The first-order valence-electron chi connectivity index (χ1n) is 12.2. The Morgan fingerprint density at radius 1 is 1.23 bits per heavy atom. The molecule has 1 saturated heterocycles. The van der Waals surface area contributed by atoms with Crippen molar-refractivity contribution in [3.05, 3.63) is 76.1 Å². The van der Waals surface area contributed by atoms with Crippen molar-refractivity contribution in [1.29, 1.82) is 0 Å². The lowest BCUT2D eigenvalue weighted by molar-refractivity contribution is 0.306. The Hall–Kier alpha value is -3.27. The Morgan fingerprint density at radius 2 is 2.10 bits per heavy atom. The topological polar surface area (TPSA) is 105 Å². The summed E-state index contributed by atoms with van der Waals surface area (Å²) in [6.45, 7) is 2.35. The van der Waals surface area contributed by atoms with Crippen LogP contribution in [-0.4, -0.2) is 42.8 Å². The normalized spacial score (nSPS) is 17.1. The average molecular weight is 586 g/mol. The van der Waals surface area contributed by atoms with Crippen LogP contribution in [0.3, 0.4) is 0 Å². The van der Waals surface area contributed by atoms with Gasteiger partial charge in [0.2, 0.25) is 10.0 Å². The van der Waals surface area contributed by atoms with E-state index in [0.29, 0.717) is 40.8 Å². The predicted molar refractivity (Wildman–Crippen MR) is 153 cm³/mol. The summed E-state index contributed by atoms with van der Waals surface area (Å²) in [6.07, 6.45) is 2.09. The molecule has 0 unspecified atom stereocenters. The van der Waals surface area contributed by atoms with Gasteiger partial charge in [-0.25, -0.2) is 27.5 Å². The second kappa shape index (κ2) is 11.9. The van der Waals surface area contributed by atoms with Gasteiger partial charge in [0, 0.05) is 18.3 Å². The van der Waals surface area contributed by atoms with Crippen LogP contribution in [-0.2, 0) is 16.6 Å². The van der Waals surface area contributed by atoms with Gasteiger partial charge in [-0.05, 0) is 55.3 Å². The number of nitrogens with one attached hydrogen (secondary N) is 3. The van der Waals surface area contributed by atoms with Crippen LogP contribution in [0.5, 0.6) is 5.75 Å². The van der Waals surface area contributed by atoms with Crippen molar-refractivity contribution < 1.29 is 17.5 Å². The van der Waals surface area contributed by atoms with Crippen molar-refractivity contribution in [1.82, 2.24) is 20.0 Å². The smallest absolute Gasteiger partial charge is 0.211 e. The fraction of sp³-hybridized carbons (Fsp3) is 0.259. The van der Waals surface area contributed by atoms with Gasteiger partial charge in [-0.3, -0.25) is 0 Å². The fourth-order valence-electron chi connectivity index (χ4n) is 4.07. The first kappa shape index (κ1) is 27.3. The fourth-order valence-corrected chi connectivity index (χ4v) is 6.02. The molecule has 0 aliphatic carbocycles. The molecular weight excluding hydrogens is 561 g/mol. The van der Waals surface area contributed by atoms with E-state index in [4.69, 9.17) is 16.3 Å². The quantitative estimate of drug-likeness (QED) is 0.254. The summed E-state index contributed by atoms with van der Waals surface area (Å²) in [7, 11) is -3.25. The Kier molecular flexibility index (Phi) is 8.30. The molecule has 0 bridgehead atoms. The highest BCUT2D eigenvalue weighted by Crippen LogP contribution is 2.33. The Morgan fingerprint density at radius 3 is 2.90 bits per heavy atom. The highest BCUT2D eigenvalue weighted by atomic mass is 35.5. The summed E-state index contributed by atoms with van der Waals surface area (Å²) >= 11 is 7.90. The molecule has 1 fully saturated rings. The summed E-state index contributed by atoms with van der Waals surface area (Å²) in [5.41, 5.74) is 1.42. The number of ether oxygens (including phenoxy) is 1. The molecule has 2 aromatic heterocycles. The number of thiophene rings is 1. The summed E-state index contributed by atoms with van der Waals surface area (Å²) in [6, 6.07) is 13.2. The molecule has 2 atom stereocenters. The molecular formula is C27H25ClFN5O3S2. The lowest BCUT2D eigenvalue weighted by Gasteiger charge is -2.11. The van der Waals surface area contributed by atoms with Crippen molar-refractivity contribution in [3.63, 3.8) is 0 Å². The van der Waals surface area contributed by atoms with Crippen LogP contribution in [0.2, 0.25) is 5.02 Å². The van der Waals surface area contributed by atoms with E-state index in [-0.39, 0.29) is 30.3 Å². The molecule has 202 valence electrons. The minimum absolute atomic E-state index is 0.0553. The zero-order valence-corrected chi connectivity index (χ0v) is 23.3. The van der Waals surface area contributed by atoms with Gasteiger partial charge in [-0.1, -0.05) is 35.6 Å². The van der Waals surface area contributed by atoms with Gasteiger partial charge in [0.15, 0.2) is 0 Å². The molecule has 3 heterocycles. The van der Waals surface area contributed by atoms with Crippen molar-refractivity contribution >= 4 is 54.7 Å². The van der Waals surface area contributed by atoms with Gasteiger partial charge in [-0.2, -0.15) is 0 Å². The van der Waals surface area contributed by atoms with Crippen LogP contribution in [0.15, 0.2) is 54.9 Å². The van der Waals surface area contributed by atoms with E-state index in [1.165, 1.54) is 29.8 Å². The van der Waals surface area contributed by atoms with E-state index in [1.807, 2.05) is 12.1 Å². The Balaban J connectivity index is 1.25. The number of hydrogen-bond donors (Lipinski definition) is 3. The number of fused-ring (bicyclic) bond motifs is 1. The minimum Gasteiger partial charge on any atom is -0.487 e. The molecule has 2 aromatic carbocycles. The van der Waals surface area contributed by atoms with Crippen LogP contribution < -0.4 is 20.1 Å². The summed E-state index contributed by atoms with van der Waals surface area (Å²) in [4.78, 5) is 10.4. The molecule has 1 aliphatic heterocycles. The molecule has 0 radical (unpaired) electrons. The number of benzene rings is 2. The van der Waals surface area contributed by atoms with Crippen LogP contribution in [0.1, 0.15) is 23.8 Å². The Labute approximate surface area is 235 Å². The maximum atomic E-state index is 13.4. The van der Waals surface area contributed by atoms with Crippen LogP contribution in [0.4, 0.5) is 15.9 Å². The van der Waals surface area contributed by atoms with E-state index >= 15 is 0 Å². The molecule has 3 N–H and O–H groups in total. The van der Waals surface area contributed by atoms with Crippen molar-refractivity contribution in [2.75, 3.05) is 17.6 Å². The zero-order valence-electron chi connectivity index (χ0n) is 20.9. The molecule has 5 rings (SSSR count). The number of anilines is 2. The summed E-state index contributed by atoms with van der Waals surface area (Å²) in [5.74, 6) is 7.21. The second-order valence-corrected chi connectivity index (χ2v) is 12.4. The lowest BCUT2D eigenvalue weighted by Crippen LogP contribution is -2.37. The largest absolute Gasteiger partial charge is 0.487 e. The third kappa shape index (κ3) is 7.03. The maximum Gasteiger partial charge on any atom is 0.211 e. The van der Waals surface area contributed by atoms with Gasteiger partial charge in [0.25, 0.3) is 0 Å². The van der Waals surface area contributed by atoms with E-state index in [0.717, 1.165) is 15.1 Å². The maximum absolute atomic E-state index is 13.4. The molecule has 12 heteroatoms. The van der Waals surface area contributed by atoms with Gasteiger partial charge >= 0.3 is 0 Å². The van der Waals surface area contributed by atoms with Crippen molar-refractivity contribution in [3.8, 4) is 17.6 Å². The summed E-state index contributed by atoms with van der Waals surface area (Å²) < 4.78 is 45.5. The monoisotopic (exact) mass is 585 g/mol. The number of hydrogen-bond acceptors (Lipinski definition) is 8. The third-order valence-corrected chi connectivity index (χ3v) is 8.74. The number of halogens is 2. The number of aromatic nitrogens is 2. The van der Waals surface area contributed by atoms with Gasteiger partial charge < -0.3 is 15.4 Å². The molecule has 0 saturated carbocycles. The van der Waals surface area contributed by atoms with Crippen LogP contribution >= 0.6 is 22.9 Å². The molecule has 39 heavy (non-hydrogen) atoms. The predicted octanol–water partition coefficient (Wildman–Crippen LogP) is 4.83. The van der Waals surface area contributed by atoms with Gasteiger partial charge in [-0.15, -0.1) is 11.3 Å². The minimum atomic E-state index is -3.25. The van der Waals surface area contributed by atoms with Crippen molar-refractivity contribution in [2.45, 2.75) is 32.0 Å². The van der Waals surface area contributed by atoms with E-state index in [2.05, 4.69) is 37.2 Å². The number of nitrogens with zero attached hydrogens (tertiary/aromatic N) is 2. The Bertz CT molecular complexity index is 1670. The second-order valence-electron chi connectivity index (χ2n) is 8.92. The molecule has 8 nitrogen and oxygen atoms in total. The highest BCUT2D eigenvalue weighted by molar-refractivity contribution is 7.89. The van der Waals surface area contributed by atoms with Crippen LogP contribution in [0.25, 0.3) is 10.2 Å². The highest BCUT2D eigenvalue weighted by Gasteiger charge is 2.25. The molecule has 4 aromatic rings. The molecule has 1 aliphatic rings. The van der Waals surface area contributed by atoms with E-state index < -0.39 is 10.0 Å². The average Bonchev–Trinajstić information content (AvgIpc) is 3.54. The first-order valence-corrected chi connectivity index (χ1v) is 15.1. The van der Waals surface area contributed by atoms with Gasteiger partial charge in [0.1, 0.15) is 35.1 Å². The van der Waals surface area contributed by atoms with Crippen LogP contribution in [0, 0.1) is 17.7 Å². The number of rotatable bonds is 8. The number of sulfonamides is 1. The van der Waals surface area contributed by atoms with E-state index in [1.54, 1.807) is 31.2 Å². The molecule has 0 spiro atoms.